The van der Waals surface area contributed by atoms with Crippen molar-refractivity contribution < 1.29 is 23.5 Å². The molecule has 0 radical (unpaired) electrons. The number of halogens is 1. The lowest BCUT2D eigenvalue weighted by Gasteiger charge is -2.26. The van der Waals surface area contributed by atoms with Gasteiger partial charge >= 0.3 is 11.9 Å². The number of carbonyl (C=O) groups is 2. The Morgan fingerprint density at radius 2 is 1.51 bits per heavy atom. The quantitative estimate of drug-likeness (QED) is 0.399. The van der Waals surface area contributed by atoms with Crippen molar-refractivity contribution in [2.45, 2.75) is 26.3 Å². The Kier molecular flexibility index (Phi) is 7.45. The Morgan fingerprint density at radius 3 is 2.09 bits per heavy atom. The smallest absolute Gasteiger partial charge is 0.338 e. The first-order valence-corrected chi connectivity index (χ1v) is 11.5. The summed E-state index contributed by atoms with van der Waals surface area (Å²) in [5.41, 5.74) is 4.41. The summed E-state index contributed by atoms with van der Waals surface area (Å²) in [6.07, 6.45) is 2.59. The van der Waals surface area contributed by atoms with Gasteiger partial charge in [-0.1, -0.05) is 12.1 Å². The average molecular weight is 475 g/mol. The Labute approximate surface area is 204 Å². The minimum Gasteiger partial charge on any atom is -0.462 e. The van der Waals surface area contributed by atoms with Gasteiger partial charge in [0.05, 0.1) is 30.4 Å². The van der Waals surface area contributed by atoms with Crippen molar-refractivity contribution >= 4 is 23.3 Å². The van der Waals surface area contributed by atoms with Crippen LogP contribution in [-0.2, 0) is 9.47 Å². The van der Waals surface area contributed by atoms with Crippen LogP contribution in [0.2, 0.25) is 0 Å². The number of ether oxygens (including phenoxy) is 2. The summed E-state index contributed by atoms with van der Waals surface area (Å²) < 4.78 is 24.1. The fourth-order valence-electron chi connectivity index (χ4n) is 4.02. The van der Waals surface area contributed by atoms with Gasteiger partial charge in [0.2, 0.25) is 0 Å². The number of hydrogen-bond acceptors (Lipinski definition) is 6. The summed E-state index contributed by atoms with van der Waals surface area (Å²) in [4.78, 5) is 26.0. The van der Waals surface area contributed by atoms with Gasteiger partial charge in [0, 0.05) is 29.7 Å². The summed E-state index contributed by atoms with van der Waals surface area (Å²) >= 11 is 0. The SMILES string of the molecule is CCOC(=O)c1ccc(NC2=CN(c3ccc(C(=O)OCC)cc3)C(c3cccc(F)c3)C2)cc1. The average Bonchev–Trinajstić information content (AvgIpc) is 3.28. The van der Waals surface area contributed by atoms with Crippen molar-refractivity contribution in [3.63, 3.8) is 0 Å². The van der Waals surface area contributed by atoms with Gasteiger partial charge in [0.15, 0.2) is 0 Å². The molecule has 0 amide bonds. The maximum Gasteiger partial charge on any atom is 0.338 e. The fraction of sp³-hybridized carbons (Fsp3) is 0.214. The molecule has 3 aromatic rings. The second kappa shape index (κ2) is 10.9. The molecule has 0 saturated carbocycles. The third-order valence-corrected chi connectivity index (χ3v) is 5.65. The second-order valence-corrected chi connectivity index (χ2v) is 8.03. The number of nitrogens with one attached hydrogen (secondary N) is 1. The lowest BCUT2D eigenvalue weighted by molar-refractivity contribution is 0.0517. The first kappa shape index (κ1) is 24.0. The Bertz CT molecular complexity index is 1220. The van der Waals surface area contributed by atoms with Gasteiger partial charge in [0.25, 0.3) is 0 Å². The van der Waals surface area contributed by atoms with Crippen molar-refractivity contribution in [1.82, 2.24) is 0 Å². The highest BCUT2D eigenvalue weighted by Gasteiger charge is 2.28. The normalized spacial score (nSPS) is 14.9. The second-order valence-electron chi connectivity index (χ2n) is 8.03. The Balaban J connectivity index is 1.58. The summed E-state index contributed by atoms with van der Waals surface area (Å²) in [6.45, 7) is 4.17. The van der Waals surface area contributed by atoms with Gasteiger partial charge in [-0.2, -0.15) is 0 Å². The predicted octanol–water partition coefficient (Wildman–Crippen LogP) is 6.08. The van der Waals surface area contributed by atoms with E-state index in [-0.39, 0.29) is 23.8 Å². The molecule has 35 heavy (non-hydrogen) atoms. The first-order chi connectivity index (χ1) is 17.0. The van der Waals surface area contributed by atoms with Crippen LogP contribution in [-0.4, -0.2) is 25.2 Å². The van der Waals surface area contributed by atoms with Gasteiger partial charge in [-0.15, -0.1) is 0 Å². The molecule has 0 aromatic heterocycles. The van der Waals surface area contributed by atoms with Crippen LogP contribution in [0.3, 0.4) is 0 Å². The number of nitrogens with zero attached hydrogens (tertiary/aromatic N) is 1. The number of anilines is 2. The standard InChI is InChI=1S/C28H27FN2O4/c1-3-34-27(32)19-8-12-23(13-9-19)30-24-17-26(21-6-5-7-22(29)16-21)31(18-24)25-14-10-20(11-15-25)28(33)35-4-2/h5-16,18,26,30H,3-4,17H2,1-2H3. The summed E-state index contributed by atoms with van der Waals surface area (Å²) in [5, 5.41) is 3.40. The van der Waals surface area contributed by atoms with Crippen LogP contribution in [0.25, 0.3) is 0 Å². The zero-order chi connectivity index (χ0) is 24.8. The topological polar surface area (TPSA) is 67.9 Å². The number of benzene rings is 3. The van der Waals surface area contributed by atoms with Crippen LogP contribution in [0.1, 0.15) is 52.6 Å². The van der Waals surface area contributed by atoms with Gasteiger partial charge in [-0.05, 0) is 80.1 Å². The molecule has 1 N–H and O–H groups in total. The summed E-state index contributed by atoms with van der Waals surface area (Å²) in [5.74, 6) is -1.02. The van der Waals surface area contributed by atoms with E-state index in [1.54, 1.807) is 44.2 Å². The van der Waals surface area contributed by atoms with E-state index in [1.807, 2.05) is 36.5 Å². The van der Waals surface area contributed by atoms with Gasteiger partial charge in [-0.3, -0.25) is 0 Å². The maximum absolute atomic E-state index is 14.0. The van der Waals surface area contributed by atoms with E-state index >= 15 is 0 Å². The van der Waals surface area contributed by atoms with E-state index in [2.05, 4.69) is 10.2 Å². The lowest BCUT2D eigenvalue weighted by Crippen LogP contribution is -2.19. The van der Waals surface area contributed by atoms with Crippen LogP contribution in [0, 0.1) is 5.82 Å². The zero-order valence-electron chi connectivity index (χ0n) is 19.7. The molecule has 0 aliphatic carbocycles. The van der Waals surface area contributed by atoms with Crippen LogP contribution in [0.15, 0.2) is 84.7 Å². The number of hydrogen-bond donors (Lipinski definition) is 1. The fourth-order valence-corrected chi connectivity index (χ4v) is 4.02. The van der Waals surface area contributed by atoms with Crippen molar-refractivity contribution in [3.05, 3.63) is 107 Å². The van der Waals surface area contributed by atoms with E-state index in [4.69, 9.17) is 9.47 Å². The molecule has 1 aliphatic heterocycles. The van der Waals surface area contributed by atoms with Gasteiger partial charge in [0.1, 0.15) is 5.82 Å². The van der Waals surface area contributed by atoms with Crippen LogP contribution in [0.4, 0.5) is 15.8 Å². The summed E-state index contributed by atoms with van der Waals surface area (Å²) in [7, 11) is 0. The molecule has 1 unspecified atom stereocenters. The monoisotopic (exact) mass is 474 g/mol. The molecule has 180 valence electrons. The predicted molar refractivity (Wildman–Crippen MR) is 133 cm³/mol. The lowest BCUT2D eigenvalue weighted by atomic mass is 10.0. The van der Waals surface area contributed by atoms with Crippen LogP contribution < -0.4 is 10.2 Å². The van der Waals surface area contributed by atoms with E-state index in [0.29, 0.717) is 30.8 Å². The van der Waals surface area contributed by atoms with Crippen LogP contribution in [0.5, 0.6) is 0 Å². The molecule has 7 heteroatoms. The van der Waals surface area contributed by atoms with E-state index in [1.165, 1.54) is 12.1 Å². The molecule has 3 aromatic carbocycles. The largest absolute Gasteiger partial charge is 0.462 e. The molecule has 6 nitrogen and oxygen atoms in total. The molecule has 0 bridgehead atoms. The van der Waals surface area contributed by atoms with Crippen molar-refractivity contribution in [3.8, 4) is 0 Å². The van der Waals surface area contributed by atoms with E-state index in [9.17, 15) is 14.0 Å². The third kappa shape index (κ3) is 5.69. The highest BCUT2D eigenvalue weighted by molar-refractivity contribution is 5.90. The number of carbonyl (C=O) groups excluding carboxylic acids is 2. The Hall–Kier alpha value is -4.13. The highest BCUT2D eigenvalue weighted by Crippen LogP contribution is 2.38. The summed E-state index contributed by atoms with van der Waals surface area (Å²) in [6, 6.07) is 20.7. The molecule has 0 fully saturated rings. The van der Waals surface area contributed by atoms with Crippen LogP contribution >= 0.6 is 0 Å². The van der Waals surface area contributed by atoms with Gasteiger partial charge < -0.3 is 19.7 Å². The van der Waals surface area contributed by atoms with E-state index in [0.717, 1.165) is 22.6 Å². The molecule has 1 aliphatic rings. The first-order valence-electron chi connectivity index (χ1n) is 11.5. The van der Waals surface area contributed by atoms with Gasteiger partial charge in [-0.25, -0.2) is 14.0 Å². The molecule has 0 saturated heterocycles. The van der Waals surface area contributed by atoms with E-state index < -0.39 is 0 Å². The molecule has 0 spiro atoms. The number of esters is 2. The third-order valence-electron chi connectivity index (χ3n) is 5.65. The molecule has 1 heterocycles. The maximum atomic E-state index is 14.0. The molecule has 1 atom stereocenters. The van der Waals surface area contributed by atoms with Crippen molar-refractivity contribution in [2.24, 2.45) is 0 Å². The zero-order valence-corrected chi connectivity index (χ0v) is 19.7. The molecule has 4 rings (SSSR count). The molecular formula is C28H27FN2O4. The number of rotatable bonds is 8. The van der Waals surface area contributed by atoms with Crippen molar-refractivity contribution in [2.75, 3.05) is 23.4 Å². The minimum atomic E-state index is -0.369. The Morgan fingerprint density at radius 1 is 0.914 bits per heavy atom. The highest BCUT2D eigenvalue weighted by atomic mass is 19.1. The molecular weight excluding hydrogens is 447 g/mol. The minimum absolute atomic E-state index is 0.138. The van der Waals surface area contributed by atoms with Crippen molar-refractivity contribution in [1.29, 1.82) is 0 Å².